The third-order valence-corrected chi connectivity index (χ3v) is 7.16. The quantitative estimate of drug-likeness (QED) is 0.611. The van der Waals surface area contributed by atoms with E-state index in [0.717, 1.165) is 14.5 Å². The second-order valence-corrected chi connectivity index (χ2v) is 8.98. The minimum Gasteiger partial charge on any atom is -0.486 e. The highest BCUT2D eigenvalue weighted by molar-refractivity contribution is 8.01. The zero-order valence-corrected chi connectivity index (χ0v) is 16.3. The van der Waals surface area contributed by atoms with Crippen LogP contribution >= 0.6 is 34.7 Å². The smallest absolute Gasteiger partial charge is 0.193 e. The molecule has 1 unspecified atom stereocenters. The number of aryl methyl sites for hydroxylation is 1. The van der Waals surface area contributed by atoms with E-state index < -0.39 is 5.92 Å². The van der Waals surface area contributed by atoms with E-state index in [1.54, 1.807) is 30.0 Å². The Morgan fingerprint density at radius 1 is 1.23 bits per heavy atom. The maximum Gasteiger partial charge on any atom is 0.193 e. The average molecular weight is 403 g/mol. The summed E-state index contributed by atoms with van der Waals surface area (Å²) in [5.41, 5.74) is 1.69. The molecule has 0 aliphatic carbocycles. The summed E-state index contributed by atoms with van der Waals surface area (Å²) in [5.74, 6) is 0.771. The lowest BCUT2D eigenvalue weighted by Crippen LogP contribution is -2.24. The van der Waals surface area contributed by atoms with Crippen molar-refractivity contribution in [3.63, 3.8) is 0 Å². The largest absolute Gasteiger partial charge is 0.486 e. The van der Waals surface area contributed by atoms with Gasteiger partial charge in [0.15, 0.2) is 11.2 Å². The Bertz CT molecular complexity index is 1060. The van der Waals surface area contributed by atoms with Crippen molar-refractivity contribution in [1.29, 1.82) is 0 Å². The van der Waals surface area contributed by atoms with E-state index in [1.807, 2.05) is 31.2 Å². The highest BCUT2D eigenvalue weighted by Crippen LogP contribution is 2.43. The third-order valence-electron chi connectivity index (χ3n) is 4.38. The molecule has 2 heterocycles. The van der Waals surface area contributed by atoms with Crippen LogP contribution in [-0.4, -0.2) is 18.1 Å². The van der Waals surface area contributed by atoms with Crippen molar-refractivity contribution in [1.82, 2.24) is 0 Å². The fourth-order valence-corrected chi connectivity index (χ4v) is 5.96. The molecule has 1 aliphatic heterocycles. The van der Waals surface area contributed by atoms with E-state index >= 15 is 0 Å². The minimum atomic E-state index is -0.413. The van der Waals surface area contributed by atoms with Crippen LogP contribution in [0.5, 0.6) is 5.75 Å². The molecule has 0 fully saturated rings. The monoisotopic (exact) mass is 402 g/mol. The van der Waals surface area contributed by atoms with E-state index in [2.05, 4.69) is 0 Å². The van der Waals surface area contributed by atoms with Gasteiger partial charge >= 0.3 is 0 Å². The predicted molar refractivity (Wildman–Crippen MR) is 108 cm³/mol. The second kappa shape index (κ2) is 7.06. The number of benzene rings is 2. The Morgan fingerprint density at radius 2 is 2.00 bits per heavy atom. The first-order valence-corrected chi connectivity index (χ1v) is 10.3. The molecule has 1 aliphatic rings. The van der Waals surface area contributed by atoms with Gasteiger partial charge in [-0.3, -0.25) is 9.59 Å². The van der Waals surface area contributed by atoms with Crippen LogP contribution in [0.2, 0.25) is 5.02 Å². The highest BCUT2D eigenvalue weighted by atomic mass is 35.5. The van der Waals surface area contributed by atoms with Gasteiger partial charge < -0.3 is 4.74 Å². The summed E-state index contributed by atoms with van der Waals surface area (Å²) in [6, 6.07) is 12.8. The first-order valence-electron chi connectivity index (χ1n) is 8.14. The number of carbonyl (C=O) groups is 1. The van der Waals surface area contributed by atoms with Gasteiger partial charge in [-0.05, 0) is 37.3 Å². The maximum atomic E-state index is 12.9. The number of Topliss-reactive ketones (excluding diaryl/α,β-unsaturated/α-hetero) is 1. The molecule has 2 aromatic carbocycles. The Kier molecular flexibility index (Phi) is 4.78. The van der Waals surface area contributed by atoms with Gasteiger partial charge in [0.2, 0.25) is 0 Å². The number of carbonyl (C=O) groups excluding carboxylic acids is 1. The fourth-order valence-electron chi connectivity index (χ4n) is 2.95. The first kappa shape index (κ1) is 17.6. The number of ether oxygens (including phenoxy) is 1. The van der Waals surface area contributed by atoms with E-state index in [0.29, 0.717) is 27.5 Å². The SMILES string of the molecule is Cc1ccc(OCC(=O)C2CSc3sc4cc(Cl)ccc4c(=O)c32)cc1. The van der Waals surface area contributed by atoms with Crippen LogP contribution in [0.1, 0.15) is 17.0 Å². The number of hydrogen-bond donors (Lipinski definition) is 0. The highest BCUT2D eigenvalue weighted by Gasteiger charge is 2.33. The summed E-state index contributed by atoms with van der Waals surface area (Å²) < 4.78 is 7.39. The summed E-state index contributed by atoms with van der Waals surface area (Å²) >= 11 is 9.13. The number of ketones is 1. The lowest BCUT2D eigenvalue weighted by Gasteiger charge is -2.11. The van der Waals surface area contributed by atoms with Crippen molar-refractivity contribution in [3.05, 3.63) is 68.8 Å². The Hall–Kier alpha value is -1.82. The number of rotatable bonds is 4. The summed E-state index contributed by atoms with van der Waals surface area (Å²) in [6.07, 6.45) is 0. The van der Waals surface area contributed by atoms with Crippen LogP contribution in [-0.2, 0) is 4.79 Å². The maximum absolute atomic E-state index is 12.9. The van der Waals surface area contributed by atoms with E-state index in [-0.39, 0.29) is 17.8 Å². The van der Waals surface area contributed by atoms with Crippen molar-refractivity contribution in [2.75, 3.05) is 12.4 Å². The van der Waals surface area contributed by atoms with Gasteiger partial charge in [0, 0.05) is 26.4 Å². The number of thioether (sulfide) groups is 1. The third kappa shape index (κ3) is 3.27. The fraction of sp³-hybridized carbons (Fsp3) is 0.200. The molecule has 1 atom stereocenters. The second-order valence-electron chi connectivity index (χ2n) is 6.20. The molecular formula is C20H15ClO3S2. The average Bonchev–Trinajstić information content (AvgIpc) is 3.05. The van der Waals surface area contributed by atoms with Gasteiger partial charge in [-0.25, -0.2) is 0 Å². The molecule has 4 rings (SSSR count). The molecule has 0 radical (unpaired) electrons. The minimum absolute atomic E-state index is 0.0313. The molecule has 0 saturated heterocycles. The number of hydrogen-bond acceptors (Lipinski definition) is 5. The van der Waals surface area contributed by atoms with E-state index in [4.69, 9.17) is 16.3 Å². The van der Waals surface area contributed by atoms with Gasteiger partial charge in [-0.2, -0.15) is 0 Å². The predicted octanol–water partition coefficient (Wildman–Crippen LogP) is 5.06. The van der Waals surface area contributed by atoms with E-state index in [1.165, 1.54) is 11.3 Å². The number of halogens is 1. The molecule has 26 heavy (non-hydrogen) atoms. The Labute approximate surface area is 164 Å². The van der Waals surface area contributed by atoms with Crippen molar-refractivity contribution in [3.8, 4) is 5.75 Å². The first-order chi connectivity index (χ1) is 12.5. The zero-order valence-electron chi connectivity index (χ0n) is 14.0. The standard InChI is InChI=1S/C20H15ClO3S2/c1-11-2-5-13(6-3-11)24-9-16(22)15-10-25-20-18(15)19(23)14-7-4-12(21)8-17(14)26-20/h2-8,15H,9-10H2,1H3. The van der Waals surface area contributed by atoms with Gasteiger partial charge in [0.1, 0.15) is 12.4 Å². The molecule has 0 bridgehead atoms. The zero-order chi connectivity index (χ0) is 18.3. The van der Waals surface area contributed by atoms with Crippen molar-refractivity contribution in [2.45, 2.75) is 17.1 Å². The Morgan fingerprint density at radius 3 is 2.77 bits per heavy atom. The molecule has 0 saturated carbocycles. The van der Waals surface area contributed by atoms with Crippen LogP contribution in [0.3, 0.4) is 0 Å². The van der Waals surface area contributed by atoms with E-state index in [9.17, 15) is 9.59 Å². The van der Waals surface area contributed by atoms with Crippen LogP contribution in [0, 0.1) is 6.92 Å². The molecule has 0 amide bonds. The topological polar surface area (TPSA) is 43.4 Å². The van der Waals surface area contributed by atoms with Crippen LogP contribution < -0.4 is 10.2 Å². The molecule has 0 spiro atoms. The van der Waals surface area contributed by atoms with Gasteiger partial charge in [0.05, 0.1) is 10.1 Å². The van der Waals surface area contributed by atoms with Crippen molar-refractivity contribution < 1.29 is 9.53 Å². The van der Waals surface area contributed by atoms with Crippen LogP contribution in [0.15, 0.2) is 51.5 Å². The normalized spacial score (nSPS) is 15.8. The van der Waals surface area contributed by atoms with Gasteiger partial charge in [0.25, 0.3) is 0 Å². The summed E-state index contributed by atoms with van der Waals surface area (Å²) in [5, 5.41) is 1.23. The summed E-state index contributed by atoms with van der Waals surface area (Å²) in [4.78, 5) is 25.6. The summed E-state index contributed by atoms with van der Waals surface area (Å²) in [6.45, 7) is 1.96. The van der Waals surface area contributed by atoms with Crippen LogP contribution in [0.25, 0.3) is 10.1 Å². The lowest BCUT2D eigenvalue weighted by molar-refractivity contribution is -0.122. The molecule has 0 N–H and O–H groups in total. The molecule has 3 aromatic rings. The van der Waals surface area contributed by atoms with Gasteiger partial charge in [-0.15, -0.1) is 23.1 Å². The molecule has 3 nitrogen and oxygen atoms in total. The number of fused-ring (bicyclic) bond motifs is 2. The molecule has 6 heteroatoms. The molecular weight excluding hydrogens is 388 g/mol. The summed E-state index contributed by atoms with van der Waals surface area (Å²) in [7, 11) is 0. The van der Waals surface area contributed by atoms with Crippen molar-refractivity contribution >= 4 is 50.6 Å². The Balaban J connectivity index is 1.60. The molecule has 1 aromatic heterocycles. The van der Waals surface area contributed by atoms with Crippen molar-refractivity contribution in [2.24, 2.45) is 0 Å². The molecule has 132 valence electrons. The van der Waals surface area contributed by atoms with Gasteiger partial charge in [-0.1, -0.05) is 29.3 Å². The lowest BCUT2D eigenvalue weighted by atomic mass is 9.98. The van der Waals surface area contributed by atoms with Crippen LogP contribution in [0.4, 0.5) is 0 Å².